The lowest BCUT2D eigenvalue weighted by Crippen LogP contribution is -2.59. The Hall–Kier alpha value is -3.69. The van der Waals surface area contributed by atoms with Gasteiger partial charge in [0.05, 0.1) is 30.8 Å². The van der Waals surface area contributed by atoms with E-state index in [1.54, 1.807) is 48.4 Å². The summed E-state index contributed by atoms with van der Waals surface area (Å²) in [6.45, 7) is 2.98. The Morgan fingerprint density at radius 1 is 1.16 bits per heavy atom. The number of hydrazine groups is 1. The SMILES string of the molecule is CN(N)/C(=C(\N)c1ccc(F)cc1)c1cn(-c2ccc(C(=O)NC3(C)COC3)cc2)cn1. The predicted octanol–water partition coefficient (Wildman–Crippen LogP) is 2.12. The number of halogens is 1. The Balaban J connectivity index is 1.57. The normalized spacial score (nSPS) is 15.5. The van der Waals surface area contributed by atoms with E-state index in [9.17, 15) is 9.18 Å². The molecule has 166 valence electrons. The molecule has 0 atom stereocenters. The average Bonchev–Trinajstić information content (AvgIpc) is 3.22. The summed E-state index contributed by atoms with van der Waals surface area (Å²) in [7, 11) is 1.66. The number of nitrogens with one attached hydrogen (secondary N) is 1. The molecule has 3 aromatic rings. The number of carbonyl (C=O) groups is 1. The number of nitrogens with zero attached hydrogens (tertiary/aromatic N) is 3. The minimum atomic E-state index is -0.347. The van der Waals surface area contributed by atoms with Crippen molar-refractivity contribution in [1.29, 1.82) is 0 Å². The summed E-state index contributed by atoms with van der Waals surface area (Å²) >= 11 is 0. The summed E-state index contributed by atoms with van der Waals surface area (Å²) in [5.41, 5.74) is 9.46. The largest absolute Gasteiger partial charge is 0.396 e. The number of aromatic nitrogens is 2. The number of benzene rings is 2. The van der Waals surface area contributed by atoms with E-state index in [0.29, 0.717) is 41.4 Å². The standard InChI is InChI=1S/C23H25FN6O2/c1-23(12-32-13-23)28-22(31)16-5-9-18(10-6-16)30-11-19(27-14-30)21(29(2)26)20(25)15-3-7-17(24)8-4-15/h3-11,14H,12-13,25-26H2,1-2H3,(H,28,31)/b21-20-. The van der Waals surface area contributed by atoms with E-state index in [0.717, 1.165) is 5.69 Å². The molecule has 1 saturated heterocycles. The highest BCUT2D eigenvalue weighted by Gasteiger charge is 2.34. The maximum absolute atomic E-state index is 13.3. The van der Waals surface area contributed by atoms with E-state index < -0.39 is 0 Å². The van der Waals surface area contributed by atoms with Gasteiger partial charge in [0.15, 0.2) is 0 Å². The monoisotopic (exact) mass is 436 g/mol. The molecule has 1 fully saturated rings. The van der Waals surface area contributed by atoms with Gasteiger partial charge in [-0.15, -0.1) is 0 Å². The van der Waals surface area contributed by atoms with Crippen LogP contribution < -0.4 is 16.9 Å². The van der Waals surface area contributed by atoms with Crippen LogP contribution in [0.15, 0.2) is 61.1 Å². The van der Waals surface area contributed by atoms with E-state index in [2.05, 4.69) is 10.3 Å². The van der Waals surface area contributed by atoms with Crippen LogP contribution in [0.4, 0.5) is 4.39 Å². The van der Waals surface area contributed by atoms with Gasteiger partial charge in [0.25, 0.3) is 5.91 Å². The van der Waals surface area contributed by atoms with Gasteiger partial charge in [-0.3, -0.25) is 4.79 Å². The van der Waals surface area contributed by atoms with Crippen LogP contribution in [-0.2, 0) is 4.74 Å². The topological polar surface area (TPSA) is 111 Å². The first-order valence-corrected chi connectivity index (χ1v) is 10.0. The smallest absolute Gasteiger partial charge is 0.251 e. The van der Waals surface area contributed by atoms with E-state index in [1.807, 2.05) is 19.1 Å². The Kier molecular flexibility index (Phi) is 5.68. The summed E-state index contributed by atoms with van der Waals surface area (Å²) in [6.07, 6.45) is 3.43. The quantitative estimate of drug-likeness (QED) is 0.403. The zero-order chi connectivity index (χ0) is 22.9. The lowest BCUT2D eigenvalue weighted by Gasteiger charge is -2.38. The van der Waals surface area contributed by atoms with E-state index >= 15 is 0 Å². The molecule has 1 amide bonds. The second-order valence-electron chi connectivity index (χ2n) is 8.10. The van der Waals surface area contributed by atoms with Crippen molar-refractivity contribution in [3.8, 4) is 5.69 Å². The Bertz CT molecular complexity index is 1150. The molecule has 1 aromatic heterocycles. The minimum Gasteiger partial charge on any atom is -0.396 e. The molecular weight excluding hydrogens is 411 g/mol. The molecule has 0 spiro atoms. The molecular formula is C23H25FN6O2. The minimum absolute atomic E-state index is 0.143. The van der Waals surface area contributed by atoms with Gasteiger partial charge < -0.3 is 25.4 Å². The summed E-state index contributed by atoms with van der Waals surface area (Å²) in [4.78, 5) is 16.9. The first-order chi connectivity index (χ1) is 15.3. The van der Waals surface area contributed by atoms with Crippen molar-refractivity contribution in [3.63, 3.8) is 0 Å². The molecule has 1 aliphatic heterocycles. The Morgan fingerprint density at radius 3 is 2.34 bits per heavy atom. The van der Waals surface area contributed by atoms with Gasteiger partial charge in [-0.25, -0.2) is 15.2 Å². The zero-order valence-corrected chi connectivity index (χ0v) is 17.9. The van der Waals surface area contributed by atoms with Crippen molar-refractivity contribution in [3.05, 3.63) is 83.7 Å². The van der Waals surface area contributed by atoms with E-state index in [4.69, 9.17) is 16.3 Å². The first-order valence-electron chi connectivity index (χ1n) is 10.0. The van der Waals surface area contributed by atoms with Crippen molar-refractivity contribution >= 4 is 17.3 Å². The molecule has 8 nitrogen and oxygen atoms in total. The highest BCUT2D eigenvalue weighted by molar-refractivity contribution is 5.95. The van der Waals surface area contributed by atoms with Crippen LogP contribution in [0.2, 0.25) is 0 Å². The third-order valence-electron chi connectivity index (χ3n) is 5.27. The van der Waals surface area contributed by atoms with Gasteiger partial charge in [0.2, 0.25) is 0 Å². The summed E-state index contributed by atoms with van der Waals surface area (Å²) in [6, 6.07) is 13.0. The molecule has 2 heterocycles. The number of carbonyl (C=O) groups excluding carboxylic acids is 1. The predicted molar refractivity (Wildman–Crippen MR) is 120 cm³/mol. The fraction of sp³-hybridized carbons (Fsp3) is 0.217. The number of hydrogen-bond acceptors (Lipinski definition) is 6. The Morgan fingerprint density at radius 2 is 1.78 bits per heavy atom. The molecule has 0 unspecified atom stereocenters. The number of imidazole rings is 1. The van der Waals surface area contributed by atoms with Crippen LogP contribution in [0.1, 0.15) is 28.5 Å². The number of hydrogen-bond donors (Lipinski definition) is 3. The third-order valence-corrected chi connectivity index (χ3v) is 5.27. The number of ether oxygens (including phenoxy) is 1. The molecule has 0 saturated carbocycles. The van der Waals surface area contributed by atoms with E-state index in [-0.39, 0.29) is 17.3 Å². The first kappa shape index (κ1) is 21.5. The van der Waals surface area contributed by atoms with Crippen molar-refractivity contribution < 1.29 is 13.9 Å². The number of rotatable bonds is 6. The fourth-order valence-corrected chi connectivity index (χ4v) is 3.47. The van der Waals surface area contributed by atoms with Crippen molar-refractivity contribution in [1.82, 2.24) is 19.9 Å². The van der Waals surface area contributed by atoms with Crippen LogP contribution in [0.25, 0.3) is 17.1 Å². The highest BCUT2D eigenvalue weighted by Crippen LogP contribution is 2.24. The second-order valence-corrected chi connectivity index (χ2v) is 8.10. The third kappa shape index (κ3) is 4.34. The summed E-state index contributed by atoms with van der Waals surface area (Å²) in [5.74, 6) is 5.53. The van der Waals surface area contributed by atoms with Crippen LogP contribution in [0.5, 0.6) is 0 Å². The summed E-state index contributed by atoms with van der Waals surface area (Å²) < 4.78 is 20.2. The Labute approximate surface area is 185 Å². The van der Waals surface area contributed by atoms with Crippen LogP contribution >= 0.6 is 0 Å². The lowest BCUT2D eigenvalue weighted by atomic mass is 10.00. The molecule has 0 radical (unpaired) electrons. The van der Waals surface area contributed by atoms with Crippen LogP contribution in [0, 0.1) is 5.82 Å². The van der Waals surface area contributed by atoms with Crippen LogP contribution in [0.3, 0.4) is 0 Å². The van der Waals surface area contributed by atoms with Gasteiger partial charge in [-0.05, 0) is 61.0 Å². The van der Waals surface area contributed by atoms with Crippen LogP contribution in [-0.4, -0.2) is 46.3 Å². The van der Waals surface area contributed by atoms with Gasteiger partial charge in [-0.2, -0.15) is 0 Å². The van der Waals surface area contributed by atoms with Gasteiger partial charge >= 0.3 is 0 Å². The van der Waals surface area contributed by atoms with Crippen molar-refractivity contribution in [2.75, 3.05) is 20.3 Å². The van der Waals surface area contributed by atoms with Crippen molar-refractivity contribution in [2.24, 2.45) is 11.6 Å². The fourth-order valence-electron chi connectivity index (χ4n) is 3.47. The number of nitrogens with two attached hydrogens (primary N) is 2. The number of amides is 1. The molecule has 1 aliphatic rings. The highest BCUT2D eigenvalue weighted by atomic mass is 19.1. The molecule has 9 heteroatoms. The molecule has 2 aromatic carbocycles. The second kappa shape index (κ2) is 8.45. The molecule has 0 aliphatic carbocycles. The van der Waals surface area contributed by atoms with E-state index in [1.165, 1.54) is 17.1 Å². The van der Waals surface area contributed by atoms with Gasteiger partial charge in [0.1, 0.15) is 17.2 Å². The maximum atomic E-state index is 13.3. The van der Waals surface area contributed by atoms with Gasteiger partial charge in [-0.1, -0.05) is 0 Å². The molecule has 32 heavy (non-hydrogen) atoms. The van der Waals surface area contributed by atoms with Gasteiger partial charge in [0, 0.05) is 24.5 Å². The lowest BCUT2D eigenvalue weighted by molar-refractivity contribution is -0.0593. The summed E-state index contributed by atoms with van der Waals surface area (Å²) in [5, 5.41) is 4.36. The molecule has 0 bridgehead atoms. The van der Waals surface area contributed by atoms with Crippen molar-refractivity contribution in [2.45, 2.75) is 12.5 Å². The molecule has 4 rings (SSSR count). The maximum Gasteiger partial charge on any atom is 0.251 e. The zero-order valence-electron chi connectivity index (χ0n) is 17.9. The average molecular weight is 436 g/mol. The molecule has 5 N–H and O–H groups in total.